The Morgan fingerprint density at radius 1 is 1.04 bits per heavy atom. The number of fused-ring (bicyclic) bond motifs is 1. The number of hydrogen-bond donors (Lipinski definition) is 1. The zero-order valence-corrected chi connectivity index (χ0v) is 14.9. The molecule has 26 heavy (non-hydrogen) atoms. The van der Waals surface area contributed by atoms with Crippen LogP contribution in [0.25, 0.3) is 0 Å². The molecule has 4 rings (SSSR count). The highest BCUT2D eigenvalue weighted by atomic mass is 16.5. The van der Waals surface area contributed by atoms with Crippen LogP contribution in [0.4, 0.5) is 11.8 Å². The van der Waals surface area contributed by atoms with Gasteiger partial charge in [-0.05, 0) is 29.7 Å². The van der Waals surface area contributed by atoms with Crippen LogP contribution < -0.4 is 15.0 Å². The van der Waals surface area contributed by atoms with E-state index in [1.165, 1.54) is 11.1 Å². The fourth-order valence-corrected chi connectivity index (χ4v) is 3.30. The highest BCUT2D eigenvalue weighted by Crippen LogP contribution is 2.23. The molecule has 2 aromatic carbocycles. The molecule has 3 aromatic rings. The van der Waals surface area contributed by atoms with Gasteiger partial charge in [-0.15, -0.1) is 0 Å². The molecule has 0 atom stereocenters. The summed E-state index contributed by atoms with van der Waals surface area (Å²) in [4.78, 5) is 11.4. The SMILES string of the molecule is COc1ccccc1CNc1ccnc(N2CCc3ccccc3C2)n1. The first-order valence-electron chi connectivity index (χ1n) is 8.84. The van der Waals surface area contributed by atoms with Gasteiger partial charge < -0.3 is 15.0 Å². The minimum Gasteiger partial charge on any atom is -0.496 e. The number of hydrogen-bond acceptors (Lipinski definition) is 5. The highest BCUT2D eigenvalue weighted by Gasteiger charge is 2.18. The van der Waals surface area contributed by atoms with E-state index in [1.807, 2.05) is 30.5 Å². The molecule has 5 heteroatoms. The van der Waals surface area contributed by atoms with Crippen molar-refractivity contribution in [1.82, 2.24) is 9.97 Å². The molecule has 0 radical (unpaired) electrons. The summed E-state index contributed by atoms with van der Waals surface area (Å²) >= 11 is 0. The first-order chi connectivity index (χ1) is 12.8. The van der Waals surface area contributed by atoms with Crippen molar-refractivity contribution in [3.63, 3.8) is 0 Å². The smallest absolute Gasteiger partial charge is 0.227 e. The van der Waals surface area contributed by atoms with E-state index in [1.54, 1.807) is 7.11 Å². The predicted octanol–water partition coefficient (Wildman–Crippen LogP) is 3.66. The lowest BCUT2D eigenvalue weighted by Gasteiger charge is -2.29. The molecular formula is C21H22N4O. The van der Waals surface area contributed by atoms with Gasteiger partial charge >= 0.3 is 0 Å². The van der Waals surface area contributed by atoms with Crippen LogP contribution in [-0.2, 0) is 19.5 Å². The van der Waals surface area contributed by atoms with Crippen molar-refractivity contribution in [2.45, 2.75) is 19.5 Å². The van der Waals surface area contributed by atoms with Crippen molar-refractivity contribution >= 4 is 11.8 Å². The Balaban J connectivity index is 1.47. The summed E-state index contributed by atoms with van der Waals surface area (Å²) in [5.41, 5.74) is 3.88. The zero-order valence-electron chi connectivity index (χ0n) is 14.9. The Morgan fingerprint density at radius 3 is 2.73 bits per heavy atom. The van der Waals surface area contributed by atoms with E-state index in [-0.39, 0.29) is 0 Å². The Labute approximate surface area is 153 Å². The molecule has 1 aliphatic rings. The second-order valence-corrected chi connectivity index (χ2v) is 6.35. The van der Waals surface area contributed by atoms with E-state index >= 15 is 0 Å². The molecule has 0 amide bonds. The summed E-state index contributed by atoms with van der Waals surface area (Å²) in [7, 11) is 1.69. The number of rotatable bonds is 5. The average molecular weight is 346 g/mol. The molecule has 0 fully saturated rings. The number of aromatic nitrogens is 2. The molecule has 1 aliphatic heterocycles. The fourth-order valence-electron chi connectivity index (χ4n) is 3.30. The Hall–Kier alpha value is -3.08. The minimum atomic E-state index is 0.656. The average Bonchev–Trinajstić information content (AvgIpc) is 2.72. The second-order valence-electron chi connectivity index (χ2n) is 6.35. The van der Waals surface area contributed by atoms with Gasteiger partial charge in [-0.3, -0.25) is 0 Å². The van der Waals surface area contributed by atoms with E-state index in [9.17, 15) is 0 Å². The van der Waals surface area contributed by atoms with Crippen molar-refractivity contribution in [2.24, 2.45) is 0 Å². The van der Waals surface area contributed by atoms with Crippen LogP contribution in [0.2, 0.25) is 0 Å². The first kappa shape index (κ1) is 16.4. The molecule has 0 bridgehead atoms. The van der Waals surface area contributed by atoms with Gasteiger partial charge in [0.1, 0.15) is 11.6 Å². The zero-order chi connectivity index (χ0) is 17.8. The summed E-state index contributed by atoms with van der Waals surface area (Å²) < 4.78 is 5.40. The van der Waals surface area contributed by atoms with Gasteiger partial charge in [0.25, 0.3) is 0 Å². The van der Waals surface area contributed by atoms with Gasteiger partial charge in [-0.2, -0.15) is 4.98 Å². The molecule has 0 spiro atoms. The van der Waals surface area contributed by atoms with Gasteiger partial charge in [0.15, 0.2) is 0 Å². The number of para-hydroxylation sites is 1. The van der Waals surface area contributed by atoms with Crippen molar-refractivity contribution < 1.29 is 4.74 Å². The predicted molar refractivity (Wildman–Crippen MR) is 104 cm³/mol. The maximum absolute atomic E-state index is 5.40. The molecule has 2 heterocycles. The maximum Gasteiger partial charge on any atom is 0.227 e. The maximum atomic E-state index is 5.40. The van der Waals surface area contributed by atoms with Gasteiger partial charge in [-0.1, -0.05) is 42.5 Å². The Morgan fingerprint density at radius 2 is 1.85 bits per heavy atom. The number of nitrogens with one attached hydrogen (secondary N) is 1. The summed E-state index contributed by atoms with van der Waals surface area (Å²) in [6, 6.07) is 18.5. The Kier molecular flexibility index (Phi) is 4.69. The van der Waals surface area contributed by atoms with E-state index in [4.69, 9.17) is 9.72 Å². The van der Waals surface area contributed by atoms with Crippen molar-refractivity contribution in [3.8, 4) is 5.75 Å². The topological polar surface area (TPSA) is 50.3 Å². The number of methoxy groups -OCH3 is 1. The lowest BCUT2D eigenvalue weighted by molar-refractivity contribution is 0.410. The second kappa shape index (κ2) is 7.44. The third kappa shape index (κ3) is 3.47. The van der Waals surface area contributed by atoms with Crippen LogP contribution in [-0.4, -0.2) is 23.6 Å². The minimum absolute atomic E-state index is 0.656. The summed E-state index contributed by atoms with van der Waals surface area (Å²) in [6.07, 6.45) is 2.84. The van der Waals surface area contributed by atoms with E-state index in [2.05, 4.69) is 45.5 Å². The van der Waals surface area contributed by atoms with Crippen molar-refractivity contribution in [2.75, 3.05) is 23.9 Å². The molecule has 0 aliphatic carbocycles. The molecular weight excluding hydrogens is 324 g/mol. The lowest BCUT2D eigenvalue weighted by Crippen LogP contribution is -2.31. The molecule has 0 unspecified atom stereocenters. The lowest BCUT2D eigenvalue weighted by atomic mass is 10.0. The monoisotopic (exact) mass is 346 g/mol. The first-order valence-corrected chi connectivity index (χ1v) is 8.84. The quantitative estimate of drug-likeness (QED) is 0.764. The van der Waals surface area contributed by atoms with Gasteiger partial charge in [0, 0.05) is 31.4 Å². The summed E-state index contributed by atoms with van der Waals surface area (Å²) in [5.74, 6) is 2.46. The van der Waals surface area contributed by atoms with Crippen LogP contribution in [0.5, 0.6) is 5.75 Å². The number of nitrogens with zero attached hydrogens (tertiary/aromatic N) is 3. The third-order valence-corrected chi connectivity index (χ3v) is 4.71. The van der Waals surface area contributed by atoms with E-state index in [0.29, 0.717) is 6.54 Å². The summed E-state index contributed by atoms with van der Waals surface area (Å²) in [5, 5.41) is 3.38. The number of anilines is 2. The van der Waals surface area contributed by atoms with Crippen LogP contribution in [0, 0.1) is 0 Å². The molecule has 1 aromatic heterocycles. The van der Waals surface area contributed by atoms with Gasteiger partial charge in [-0.25, -0.2) is 4.98 Å². The van der Waals surface area contributed by atoms with Gasteiger partial charge in [0.05, 0.1) is 7.11 Å². The molecule has 0 saturated carbocycles. The van der Waals surface area contributed by atoms with E-state index in [0.717, 1.165) is 42.6 Å². The van der Waals surface area contributed by atoms with Gasteiger partial charge in [0.2, 0.25) is 5.95 Å². The Bertz CT molecular complexity index is 896. The normalized spacial score (nSPS) is 13.2. The van der Waals surface area contributed by atoms with Crippen molar-refractivity contribution in [3.05, 3.63) is 77.5 Å². The highest BCUT2D eigenvalue weighted by molar-refractivity contribution is 5.45. The molecule has 5 nitrogen and oxygen atoms in total. The van der Waals surface area contributed by atoms with Crippen LogP contribution >= 0.6 is 0 Å². The van der Waals surface area contributed by atoms with Crippen LogP contribution in [0.1, 0.15) is 16.7 Å². The molecule has 132 valence electrons. The number of ether oxygens (including phenoxy) is 1. The standard InChI is InChI=1S/C21H22N4O/c1-26-19-9-5-4-7-17(19)14-23-20-10-12-22-21(24-20)25-13-11-16-6-2-3-8-18(16)15-25/h2-10,12H,11,13-15H2,1H3,(H,22,23,24). The van der Waals surface area contributed by atoms with Crippen LogP contribution in [0.3, 0.4) is 0 Å². The largest absolute Gasteiger partial charge is 0.496 e. The molecule has 0 saturated heterocycles. The van der Waals surface area contributed by atoms with Crippen LogP contribution in [0.15, 0.2) is 60.8 Å². The third-order valence-electron chi connectivity index (χ3n) is 4.71. The fraction of sp³-hybridized carbons (Fsp3) is 0.238. The number of benzene rings is 2. The molecule has 1 N–H and O–H groups in total. The summed E-state index contributed by atoms with van der Waals surface area (Å²) in [6.45, 7) is 2.45. The van der Waals surface area contributed by atoms with E-state index < -0.39 is 0 Å². The van der Waals surface area contributed by atoms with Crippen molar-refractivity contribution in [1.29, 1.82) is 0 Å².